The number of hydrogen-bond acceptors (Lipinski definition) is 6. The highest BCUT2D eigenvalue weighted by Gasteiger charge is 2.47. The molecule has 192 valence electrons. The summed E-state index contributed by atoms with van der Waals surface area (Å²) in [6, 6.07) is 20.1. The van der Waals surface area contributed by atoms with Gasteiger partial charge >= 0.3 is 12.0 Å². The van der Waals surface area contributed by atoms with Gasteiger partial charge in [-0.15, -0.1) is 0 Å². The zero-order valence-corrected chi connectivity index (χ0v) is 20.5. The molecule has 0 atom stereocenters. The van der Waals surface area contributed by atoms with Gasteiger partial charge in [0.2, 0.25) is 0 Å². The molecule has 3 aliphatic rings. The zero-order chi connectivity index (χ0) is 25.6. The number of carboxylic acids is 1. The summed E-state index contributed by atoms with van der Waals surface area (Å²) in [5.41, 5.74) is 6.68. The normalized spacial score (nSPS) is 21.2. The smallest absolute Gasteiger partial charge is 0.323 e. The first-order valence-corrected chi connectivity index (χ1v) is 12.5. The van der Waals surface area contributed by atoms with Gasteiger partial charge < -0.3 is 16.2 Å². The van der Waals surface area contributed by atoms with Gasteiger partial charge in [-0.25, -0.2) is 4.79 Å². The Morgan fingerprint density at radius 2 is 1.25 bits per heavy atom. The predicted molar refractivity (Wildman–Crippen MR) is 136 cm³/mol. The summed E-state index contributed by atoms with van der Waals surface area (Å²) in [6.07, 6.45) is 2.40. The molecule has 9 nitrogen and oxygen atoms in total. The number of carbonyl (C=O) groups excluding carboxylic acids is 2. The summed E-state index contributed by atoms with van der Waals surface area (Å²) < 4.78 is 0. The molecule has 1 spiro atoms. The maximum Gasteiger partial charge on any atom is 0.323 e. The summed E-state index contributed by atoms with van der Waals surface area (Å²) in [5, 5.41) is 14.1. The number of likely N-dealkylation sites (tertiary alicyclic amines) is 2. The molecule has 3 fully saturated rings. The van der Waals surface area contributed by atoms with E-state index in [1.165, 1.54) is 11.1 Å². The Bertz CT molecular complexity index is 1050. The first-order valence-electron chi connectivity index (χ1n) is 12.5. The van der Waals surface area contributed by atoms with Crippen molar-refractivity contribution >= 4 is 17.9 Å². The van der Waals surface area contributed by atoms with E-state index in [1.807, 2.05) is 36.4 Å². The molecule has 3 heterocycles. The maximum absolute atomic E-state index is 11.8. The Kier molecular flexibility index (Phi) is 8.03. The molecule has 9 heteroatoms. The molecule has 2 aromatic rings. The second-order valence-electron chi connectivity index (χ2n) is 9.98. The van der Waals surface area contributed by atoms with Crippen molar-refractivity contribution in [3.8, 4) is 0 Å². The van der Waals surface area contributed by atoms with Gasteiger partial charge in [0.1, 0.15) is 11.1 Å². The highest BCUT2D eigenvalue weighted by Crippen LogP contribution is 2.26. The molecule has 0 unspecified atom stereocenters. The third-order valence-electron chi connectivity index (χ3n) is 7.40. The quantitative estimate of drug-likeness (QED) is 0.469. The molecule has 5 N–H and O–H groups in total. The number of aliphatic carboxylic acids is 1. The summed E-state index contributed by atoms with van der Waals surface area (Å²) in [6.45, 7) is 4.91. The molecule has 2 aromatic carbocycles. The number of piperidine rings is 2. The van der Waals surface area contributed by atoms with Gasteiger partial charge in [-0.2, -0.15) is 0 Å². The van der Waals surface area contributed by atoms with Gasteiger partial charge in [-0.1, -0.05) is 60.7 Å². The molecule has 0 saturated carbocycles. The minimum atomic E-state index is -1.02. The maximum atomic E-state index is 11.8. The number of nitrogens with two attached hydrogens (primary N) is 1. The average molecular weight is 494 g/mol. The predicted octanol–water partition coefficient (Wildman–Crippen LogP) is 1.93. The number of imide groups is 1. The van der Waals surface area contributed by atoms with Crippen LogP contribution in [0.3, 0.4) is 0 Å². The summed E-state index contributed by atoms with van der Waals surface area (Å²) in [5.74, 6) is -1.05. The van der Waals surface area contributed by atoms with E-state index in [1.54, 1.807) is 0 Å². The molecule has 3 aliphatic heterocycles. The van der Waals surface area contributed by atoms with Gasteiger partial charge in [0.05, 0.1) is 0 Å². The van der Waals surface area contributed by atoms with Crippen LogP contribution in [0.4, 0.5) is 4.79 Å². The SMILES string of the molecule is NC1(C(=O)O)CCN(Cc2ccccc2)CC1.O=C1NC(=O)C2(CCN(Cc3ccccc3)CC2)N1. The molecule has 0 aliphatic carbocycles. The largest absolute Gasteiger partial charge is 0.480 e. The van der Waals surface area contributed by atoms with Crippen LogP contribution in [0.2, 0.25) is 0 Å². The number of nitrogens with zero attached hydrogens (tertiary/aromatic N) is 2. The van der Waals surface area contributed by atoms with Crippen molar-refractivity contribution in [3.05, 3.63) is 71.8 Å². The third-order valence-corrected chi connectivity index (χ3v) is 7.40. The molecular formula is C27H35N5O4. The van der Waals surface area contributed by atoms with Gasteiger partial charge in [-0.05, 0) is 36.8 Å². The number of urea groups is 1. The fraction of sp³-hybridized carbons (Fsp3) is 0.444. The van der Waals surface area contributed by atoms with Gasteiger partial charge in [0, 0.05) is 39.3 Å². The van der Waals surface area contributed by atoms with Crippen LogP contribution in [0.15, 0.2) is 60.7 Å². The lowest BCUT2D eigenvalue weighted by atomic mass is 9.87. The highest BCUT2D eigenvalue weighted by molar-refractivity contribution is 6.07. The van der Waals surface area contributed by atoms with Crippen LogP contribution in [0.1, 0.15) is 36.8 Å². The number of nitrogens with one attached hydrogen (secondary N) is 2. The molecule has 3 amide bonds. The Labute approximate surface area is 211 Å². The second-order valence-corrected chi connectivity index (χ2v) is 9.98. The van der Waals surface area contributed by atoms with E-state index in [-0.39, 0.29) is 11.9 Å². The van der Waals surface area contributed by atoms with E-state index in [9.17, 15) is 14.4 Å². The van der Waals surface area contributed by atoms with Gasteiger partial charge in [0.25, 0.3) is 5.91 Å². The first-order chi connectivity index (χ1) is 17.3. The van der Waals surface area contributed by atoms with E-state index in [0.29, 0.717) is 25.7 Å². The minimum absolute atomic E-state index is 0.170. The molecule has 0 bridgehead atoms. The number of benzene rings is 2. The lowest BCUT2D eigenvalue weighted by Gasteiger charge is -2.36. The van der Waals surface area contributed by atoms with Crippen LogP contribution in [0.25, 0.3) is 0 Å². The highest BCUT2D eigenvalue weighted by atomic mass is 16.4. The van der Waals surface area contributed by atoms with Gasteiger partial charge in [-0.3, -0.25) is 24.7 Å². The average Bonchev–Trinajstić information content (AvgIpc) is 3.16. The van der Waals surface area contributed by atoms with Crippen molar-refractivity contribution in [2.75, 3.05) is 26.2 Å². The lowest BCUT2D eigenvalue weighted by Crippen LogP contribution is -2.55. The zero-order valence-electron chi connectivity index (χ0n) is 20.5. The van der Waals surface area contributed by atoms with E-state index in [4.69, 9.17) is 10.8 Å². The number of hydrogen-bond donors (Lipinski definition) is 4. The summed E-state index contributed by atoms with van der Waals surface area (Å²) >= 11 is 0. The van der Waals surface area contributed by atoms with Crippen molar-refractivity contribution in [2.24, 2.45) is 5.73 Å². The topological polar surface area (TPSA) is 128 Å². The van der Waals surface area contributed by atoms with Crippen LogP contribution in [-0.2, 0) is 22.7 Å². The van der Waals surface area contributed by atoms with E-state index in [0.717, 1.165) is 39.3 Å². The van der Waals surface area contributed by atoms with Crippen molar-refractivity contribution in [1.29, 1.82) is 0 Å². The fourth-order valence-corrected chi connectivity index (χ4v) is 4.98. The monoisotopic (exact) mass is 493 g/mol. The Morgan fingerprint density at radius 3 is 1.64 bits per heavy atom. The number of rotatable bonds is 5. The summed E-state index contributed by atoms with van der Waals surface area (Å²) in [4.78, 5) is 38.6. The molecule has 3 saturated heterocycles. The molecular weight excluding hydrogens is 458 g/mol. The molecule has 36 heavy (non-hydrogen) atoms. The lowest BCUT2D eigenvalue weighted by molar-refractivity contribution is -0.145. The number of amides is 3. The molecule has 0 radical (unpaired) electrons. The van der Waals surface area contributed by atoms with Crippen molar-refractivity contribution < 1.29 is 19.5 Å². The Morgan fingerprint density at radius 1 is 0.806 bits per heavy atom. The van der Waals surface area contributed by atoms with E-state index in [2.05, 4.69) is 44.7 Å². The molecule has 0 aromatic heterocycles. The molecule has 5 rings (SSSR count). The second kappa shape index (κ2) is 11.2. The fourth-order valence-electron chi connectivity index (χ4n) is 4.98. The van der Waals surface area contributed by atoms with Crippen LogP contribution in [0.5, 0.6) is 0 Å². The van der Waals surface area contributed by atoms with Crippen LogP contribution in [0, 0.1) is 0 Å². The Balaban J connectivity index is 0.000000170. The number of carboxylic acid groups (broad SMARTS) is 1. The van der Waals surface area contributed by atoms with Crippen LogP contribution >= 0.6 is 0 Å². The van der Waals surface area contributed by atoms with Crippen LogP contribution in [-0.4, -0.2) is 70.1 Å². The summed E-state index contributed by atoms with van der Waals surface area (Å²) in [7, 11) is 0. The Hall–Kier alpha value is -3.27. The minimum Gasteiger partial charge on any atom is -0.480 e. The standard InChI is InChI=1S/C14H17N3O2.C13H18N2O2/c18-12-14(16-13(19)15-12)6-8-17(9-7-14)10-11-4-2-1-3-5-11;14-13(12(16)17)6-8-15(9-7-13)10-11-4-2-1-3-5-11/h1-5H,6-10H2,(H2,15,16,18,19);1-5H,6-10,14H2,(H,16,17). The van der Waals surface area contributed by atoms with E-state index >= 15 is 0 Å². The first kappa shape index (κ1) is 25.8. The van der Waals surface area contributed by atoms with Crippen LogP contribution < -0.4 is 16.4 Å². The van der Waals surface area contributed by atoms with Crippen molar-refractivity contribution in [3.63, 3.8) is 0 Å². The van der Waals surface area contributed by atoms with Crippen molar-refractivity contribution in [2.45, 2.75) is 49.9 Å². The van der Waals surface area contributed by atoms with E-state index < -0.39 is 17.0 Å². The third kappa shape index (κ3) is 6.29. The van der Waals surface area contributed by atoms with Gasteiger partial charge in [0.15, 0.2) is 0 Å². The number of carbonyl (C=O) groups is 3. The van der Waals surface area contributed by atoms with Crippen molar-refractivity contribution in [1.82, 2.24) is 20.4 Å².